The monoisotopic (exact) mass is 350 g/mol. The highest BCUT2D eigenvalue weighted by atomic mass is 32.2. The minimum absolute atomic E-state index is 0.731. The summed E-state index contributed by atoms with van der Waals surface area (Å²) in [5.41, 5.74) is 4.20. The number of hydrogen-bond acceptors (Lipinski definition) is 3. The van der Waals surface area contributed by atoms with E-state index in [1.807, 2.05) is 0 Å². The fourth-order valence-corrected chi connectivity index (χ4v) is 3.11. The van der Waals surface area contributed by atoms with Crippen molar-refractivity contribution in [3.63, 3.8) is 0 Å². The average molecular weight is 351 g/mol. The van der Waals surface area contributed by atoms with Gasteiger partial charge in [-0.25, -0.2) is 4.31 Å². The van der Waals surface area contributed by atoms with Crippen LogP contribution in [0.1, 0.15) is 30.9 Å². The number of benzene rings is 1. The SMILES string of the molecule is CCc1ccc2[nH]cc(CC3CCCN3C)c2c1.CN(C)S(=O)[O-]. The van der Waals surface area contributed by atoms with Crippen LogP contribution >= 0.6 is 0 Å². The summed E-state index contributed by atoms with van der Waals surface area (Å²) in [7, 11) is 5.18. The summed E-state index contributed by atoms with van der Waals surface area (Å²) >= 11 is -2.03. The summed E-state index contributed by atoms with van der Waals surface area (Å²) in [6, 6.07) is 7.53. The first-order valence-electron chi connectivity index (χ1n) is 8.48. The highest BCUT2D eigenvalue weighted by Gasteiger charge is 2.22. The second-order valence-electron chi connectivity index (χ2n) is 6.56. The Labute approximate surface area is 147 Å². The summed E-state index contributed by atoms with van der Waals surface area (Å²) in [5.74, 6) is 0. The lowest BCUT2D eigenvalue weighted by atomic mass is 10.0. The van der Waals surface area contributed by atoms with Crippen LogP contribution in [0.3, 0.4) is 0 Å². The van der Waals surface area contributed by atoms with Crippen LogP contribution in [0.15, 0.2) is 24.4 Å². The maximum Gasteiger partial charge on any atom is 0.0456 e. The standard InChI is InChI=1S/C16H22N2.C2H7NO2S/c1-3-12-6-7-16-15(9-12)13(11-17-16)10-14-5-4-8-18(14)2;1-3(2)6(4)5/h6-7,9,11,14,17H,3-5,8,10H2,1-2H3;1-2H3,(H,4,5)/p-1. The Morgan fingerprint density at radius 3 is 2.67 bits per heavy atom. The Morgan fingerprint density at radius 1 is 1.42 bits per heavy atom. The van der Waals surface area contributed by atoms with Gasteiger partial charge in [0, 0.05) is 34.4 Å². The molecule has 2 unspecified atom stereocenters. The van der Waals surface area contributed by atoms with Gasteiger partial charge in [0.25, 0.3) is 0 Å². The molecule has 5 nitrogen and oxygen atoms in total. The highest BCUT2D eigenvalue weighted by Crippen LogP contribution is 2.25. The third kappa shape index (κ3) is 4.89. The van der Waals surface area contributed by atoms with E-state index in [1.54, 1.807) is 0 Å². The molecule has 0 bridgehead atoms. The van der Waals surface area contributed by atoms with Gasteiger partial charge in [-0.1, -0.05) is 13.0 Å². The van der Waals surface area contributed by atoms with Gasteiger partial charge in [-0.3, -0.25) is 4.21 Å². The number of H-pyrrole nitrogens is 1. The zero-order chi connectivity index (χ0) is 17.7. The Hall–Kier alpha value is -1.21. The third-order valence-electron chi connectivity index (χ3n) is 4.67. The summed E-state index contributed by atoms with van der Waals surface area (Å²) in [4.78, 5) is 5.91. The first kappa shape index (κ1) is 19.1. The Bertz CT molecular complexity index is 684. The quantitative estimate of drug-likeness (QED) is 0.863. The van der Waals surface area contributed by atoms with Crippen molar-refractivity contribution in [1.29, 1.82) is 0 Å². The van der Waals surface area contributed by atoms with Crippen LogP contribution in [-0.2, 0) is 24.1 Å². The number of likely N-dealkylation sites (tertiary alicyclic amines) is 1. The minimum Gasteiger partial charge on any atom is -0.760 e. The molecule has 0 saturated carbocycles. The molecular weight excluding hydrogens is 322 g/mol. The lowest BCUT2D eigenvalue weighted by Gasteiger charge is -2.18. The molecule has 1 aliphatic heterocycles. The van der Waals surface area contributed by atoms with Gasteiger partial charge in [0.2, 0.25) is 0 Å². The maximum atomic E-state index is 9.62. The smallest absolute Gasteiger partial charge is 0.0456 e. The van der Waals surface area contributed by atoms with Crippen molar-refractivity contribution in [1.82, 2.24) is 14.2 Å². The molecule has 24 heavy (non-hydrogen) atoms. The maximum absolute atomic E-state index is 9.62. The van der Waals surface area contributed by atoms with Crippen molar-refractivity contribution in [3.8, 4) is 0 Å². The molecule has 0 amide bonds. The molecule has 134 valence electrons. The van der Waals surface area contributed by atoms with Crippen LogP contribution in [0.4, 0.5) is 0 Å². The largest absolute Gasteiger partial charge is 0.760 e. The van der Waals surface area contributed by atoms with Crippen molar-refractivity contribution >= 4 is 22.2 Å². The van der Waals surface area contributed by atoms with E-state index in [-0.39, 0.29) is 0 Å². The van der Waals surface area contributed by atoms with Crippen LogP contribution < -0.4 is 0 Å². The zero-order valence-corrected chi connectivity index (χ0v) is 15.9. The molecule has 0 aliphatic carbocycles. The summed E-state index contributed by atoms with van der Waals surface area (Å²) in [6.45, 7) is 3.48. The average Bonchev–Trinajstić information content (AvgIpc) is 3.14. The number of likely N-dealkylation sites (N-methyl/N-ethyl adjacent to an activating group) is 1. The summed E-state index contributed by atoms with van der Waals surface area (Å²) in [5, 5.41) is 1.43. The highest BCUT2D eigenvalue weighted by molar-refractivity contribution is 7.76. The first-order chi connectivity index (χ1) is 11.4. The van der Waals surface area contributed by atoms with Crippen molar-refractivity contribution in [2.75, 3.05) is 27.7 Å². The van der Waals surface area contributed by atoms with Gasteiger partial charge in [-0.15, -0.1) is 0 Å². The predicted molar refractivity (Wildman–Crippen MR) is 99.6 cm³/mol. The van der Waals surface area contributed by atoms with E-state index in [9.17, 15) is 8.76 Å². The van der Waals surface area contributed by atoms with Crippen molar-refractivity contribution in [2.24, 2.45) is 0 Å². The van der Waals surface area contributed by atoms with Crippen molar-refractivity contribution in [3.05, 3.63) is 35.5 Å². The molecular formula is C18H28N3O2S-. The van der Waals surface area contributed by atoms with Crippen LogP contribution in [-0.4, -0.2) is 56.7 Å². The molecule has 1 fully saturated rings. The van der Waals surface area contributed by atoms with Gasteiger partial charge in [-0.05, 0) is 76.6 Å². The van der Waals surface area contributed by atoms with E-state index in [4.69, 9.17) is 0 Å². The number of fused-ring (bicyclic) bond motifs is 1. The Morgan fingerprint density at radius 2 is 2.12 bits per heavy atom. The number of aromatic nitrogens is 1. The minimum atomic E-state index is -2.03. The number of nitrogens with one attached hydrogen (secondary N) is 1. The number of aryl methyl sites for hydroxylation is 1. The molecule has 2 heterocycles. The number of rotatable bonds is 4. The molecule has 2 aromatic rings. The predicted octanol–water partition coefficient (Wildman–Crippen LogP) is 2.71. The van der Waals surface area contributed by atoms with Gasteiger partial charge in [-0.2, -0.15) is 0 Å². The van der Waals surface area contributed by atoms with Gasteiger partial charge in [0.05, 0.1) is 0 Å². The Kier molecular flexibility index (Phi) is 6.98. The van der Waals surface area contributed by atoms with Gasteiger partial charge in [0.15, 0.2) is 0 Å². The number of hydrogen-bond donors (Lipinski definition) is 1. The molecule has 2 atom stereocenters. The van der Waals surface area contributed by atoms with Crippen LogP contribution in [0.25, 0.3) is 10.9 Å². The molecule has 1 aromatic carbocycles. The first-order valence-corrected chi connectivity index (χ1v) is 9.51. The van der Waals surface area contributed by atoms with Crippen molar-refractivity contribution in [2.45, 2.75) is 38.6 Å². The Balaban J connectivity index is 0.000000301. The van der Waals surface area contributed by atoms with E-state index in [1.165, 1.54) is 61.9 Å². The van der Waals surface area contributed by atoms with E-state index >= 15 is 0 Å². The van der Waals surface area contributed by atoms with E-state index in [2.05, 4.69) is 48.3 Å². The van der Waals surface area contributed by atoms with E-state index < -0.39 is 11.3 Å². The fraction of sp³-hybridized carbons (Fsp3) is 0.556. The molecule has 0 radical (unpaired) electrons. The van der Waals surface area contributed by atoms with E-state index in [0.717, 1.165) is 16.8 Å². The molecule has 3 rings (SSSR count). The molecule has 1 N–H and O–H groups in total. The topological polar surface area (TPSA) is 62.4 Å². The molecule has 1 aromatic heterocycles. The van der Waals surface area contributed by atoms with E-state index in [0.29, 0.717) is 0 Å². The molecule has 1 aliphatic rings. The van der Waals surface area contributed by atoms with Gasteiger partial charge >= 0.3 is 0 Å². The fourth-order valence-electron chi connectivity index (χ4n) is 3.11. The van der Waals surface area contributed by atoms with Crippen molar-refractivity contribution < 1.29 is 8.76 Å². The number of nitrogens with zero attached hydrogens (tertiary/aromatic N) is 2. The second kappa shape index (κ2) is 8.76. The van der Waals surface area contributed by atoms with Gasteiger partial charge < -0.3 is 14.4 Å². The third-order valence-corrected chi connectivity index (χ3v) is 5.26. The molecule has 6 heteroatoms. The molecule has 0 spiro atoms. The number of aromatic amines is 1. The van der Waals surface area contributed by atoms with Gasteiger partial charge in [0.1, 0.15) is 0 Å². The lowest BCUT2D eigenvalue weighted by molar-refractivity contribution is 0.310. The normalized spacial score (nSPS) is 19.5. The van der Waals surface area contributed by atoms with Crippen LogP contribution in [0, 0.1) is 0 Å². The molecule has 1 saturated heterocycles. The summed E-state index contributed by atoms with van der Waals surface area (Å²) in [6.07, 6.45) is 7.20. The second-order valence-corrected chi connectivity index (χ2v) is 7.72. The van der Waals surface area contributed by atoms with Crippen LogP contribution in [0.2, 0.25) is 0 Å². The summed E-state index contributed by atoms with van der Waals surface area (Å²) < 4.78 is 20.3. The zero-order valence-electron chi connectivity index (χ0n) is 15.0. The lowest BCUT2D eigenvalue weighted by Crippen LogP contribution is -2.26. The van der Waals surface area contributed by atoms with Crippen LogP contribution in [0.5, 0.6) is 0 Å².